The normalized spacial score (nSPS) is 21.1. The minimum atomic E-state index is 0.150. The molecule has 2 unspecified atom stereocenters. The summed E-state index contributed by atoms with van der Waals surface area (Å²) in [5, 5.41) is 0. The quantitative estimate of drug-likeness (QED) is 0.884. The van der Waals surface area contributed by atoms with Gasteiger partial charge in [0.25, 0.3) is 0 Å². The van der Waals surface area contributed by atoms with Gasteiger partial charge in [-0.2, -0.15) is 0 Å². The monoisotopic (exact) mass is 261 g/mol. The van der Waals surface area contributed by atoms with Gasteiger partial charge in [-0.05, 0) is 45.0 Å². The van der Waals surface area contributed by atoms with Gasteiger partial charge in [0.1, 0.15) is 0 Å². The van der Waals surface area contributed by atoms with Crippen molar-refractivity contribution in [2.45, 2.75) is 38.3 Å². The van der Waals surface area contributed by atoms with Gasteiger partial charge in [0.2, 0.25) is 0 Å². The van der Waals surface area contributed by atoms with Crippen LogP contribution in [0, 0.1) is 0 Å². The fraction of sp³-hybridized carbons (Fsp3) is 0.625. The summed E-state index contributed by atoms with van der Waals surface area (Å²) in [6.07, 6.45) is 3.56. The lowest BCUT2D eigenvalue weighted by Crippen LogP contribution is -2.38. The van der Waals surface area contributed by atoms with E-state index >= 15 is 0 Å². The zero-order valence-electron chi connectivity index (χ0n) is 12.5. The second-order valence-corrected chi connectivity index (χ2v) is 5.83. The first kappa shape index (κ1) is 14.4. The Morgan fingerprint density at radius 1 is 1.37 bits per heavy atom. The zero-order valence-corrected chi connectivity index (χ0v) is 12.5. The third-order valence-electron chi connectivity index (χ3n) is 4.04. The summed E-state index contributed by atoms with van der Waals surface area (Å²) < 4.78 is 0. The summed E-state index contributed by atoms with van der Waals surface area (Å²) in [5.41, 5.74) is 8.92. The Bertz CT molecular complexity index is 403. The number of anilines is 1. The zero-order chi connectivity index (χ0) is 13.8. The molecule has 0 amide bonds. The summed E-state index contributed by atoms with van der Waals surface area (Å²) in [6.45, 7) is 4.43. The first-order valence-corrected chi connectivity index (χ1v) is 7.39. The molecular weight excluding hydrogens is 234 g/mol. The molecule has 1 aromatic rings. The van der Waals surface area contributed by atoms with Crippen LogP contribution in [0.4, 0.5) is 5.69 Å². The maximum Gasteiger partial charge on any atom is 0.0417 e. The van der Waals surface area contributed by atoms with E-state index in [1.807, 2.05) is 0 Å². The molecule has 106 valence electrons. The lowest BCUT2D eigenvalue weighted by Gasteiger charge is -2.31. The summed E-state index contributed by atoms with van der Waals surface area (Å²) >= 11 is 0. The molecule has 0 spiro atoms. The Balaban J connectivity index is 2.25. The lowest BCUT2D eigenvalue weighted by molar-refractivity contribution is 0.372. The van der Waals surface area contributed by atoms with Crippen molar-refractivity contribution < 1.29 is 0 Å². The Hall–Kier alpha value is -1.06. The average molecular weight is 261 g/mol. The molecule has 1 aromatic carbocycles. The molecule has 0 aromatic heterocycles. The fourth-order valence-corrected chi connectivity index (χ4v) is 3.05. The molecule has 1 saturated heterocycles. The second kappa shape index (κ2) is 6.40. The number of likely N-dealkylation sites (N-methyl/N-ethyl adjacent to an activating group) is 1. The van der Waals surface area contributed by atoms with Crippen LogP contribution in [-0.2, 0) is 0 Å². The van der Waals surface area contributed by atoms with E-state index in [4.69, 9.17) is 5.73 Å². The highest BCUT2D eigenvalue weighted by Crippen LogP contribution is 2.32. The minimum Gasteiger partial charge on any atom is -0.367 e. The number of nitrogens with two attached hydrogens (primary N) is 1. The highest BCUT2D eigenvalue weighted by molar-refractivity contribution is 5.56. The topological polar surface area (TPSA) is 32.5 Å². The number of benzene rings is 1. The van der Waals surface area contributed by atoms with Crippen molar-refractivity contribution in [3.05, 3.63) is 29.8 Å². The third-order valence-corrected chi connectivity index (χ3v) is 4.04. The molecular formula is C16H27N3. The number of hydrogen-bond acceptors (Lipinski definition) is 3. The highest BCUT2D eigenvalue weighted by atomic mass is 15.2. The van der Waals surface area contributed by atoms with Crippen molar-refractivity contribution >= 4 is 5.69 Å². The summed E-state index contributed by atoms with van der Waals surface area (Å²) in [7, 11) is 4.31. The van der Waals surface area contributed by atoms with Gasteiger partial charge in [-0.1, -0.05) is 25.1 Å². The van der Waals surface area contributed by atoms with Crippen molar-refractivity contribution in [1.29, 1.82) is 0 Å². The largest absolute Gasteiger partial charge is 0.367 e. The molecule has 19 heavy (non-hydrogen) atoms. The van der Waals surface area contributed by atoms with Gasteiger partial charge in [-0.25, -0.2) is 0 Å². The molecule has 0 bridgehead atoms. The molecule has 0 aliphatic carbocycles. The van der Waals surface area contributed by atoms with E-state index in [9.17, 15) is 0 Å². The first-order chi connectivity index (χ1) is 9.13. The molecule has 1 aliphatic rings. The van der Waals surface area contributed by atoms with Crippen LogP contribution in [-0.4, -0.2) is 38.1 Å². The maximum absolute atomic E-state index is 6.27. The SMILES string of the molecule is CCC(N)c1ccccc1N1CCCC1CN(C)C. The number of para-hydroxylation sites is 1. The van der Waals surface area contributed by atoms with Crippen molar-refractivity contribution in [3.8, 4) is 0 Å². The van der Waals surface area contributed by atoms with Crippen molar-refractivity contribution in [1.82, 2.24) is 4.90 Å². The third kappa shape index (κ3) is 3.28. The van der Waals surface area contributed by atoms with Crippen molar-refractivity contribution in [2.24, 2.45) is 5.73 Å². The van der Waals surface area contributed by atoms with Crippen LogP contribution in [0.5, 0.6) is 0 Å². The maximum atomic E-state index is 6.27. The summed E-state index contributed by atoms with van der Waals surface area (Å²) in [6, 6.07) is 9.43. The van der Waals surface area contributed by atoms with Gasteiger partial charge < -0.3 is 15.5 Å². The number of nitrogens with zero attached hydrogens (tertiary/aromatic N) is 2. The molecule has 0 radical (unpaired) electrons. The van der Waals surface area contributed by atoms with Crippen molar-refractivity contribution in [3.63, 3.8) is 0 Å². The average Bonchev–Trinajstić information content (AvgIpc) is 2.85. The van der Waals surface area contributed by atoms with Crippen LogP contribution < -0.4 is 10.6 Å². The van der Waals surface area contributed by atoms with Gasteiger partial charge >= 0.3 is 0 Å². The van der Waals surface area contributed by atoms with Crippen LogP contribution >= 0.6 is 0 Å². The van der Waals surface area contributed by atoms with E-state index in [-0.39, 0.29) is 6.04 Å². The van der Waals surface area contributed by atoms with Crippen LogP contribution in [0.15, 0.2) is 24.3 Å². The van der Waals surface area contributed by atoms with Gasteiger partial charge in [0.05, 0.1) is 0 Å². The molecule has 2 N–H and O–H groups in total. The second-order valence-electron chi connectivity index (χ2n) is 5.83. The van der Waals surface area contributed by atoms with E-state index in [1.165, 1.54) is 24.1 Å². The summed E-state index contributed by atoms with van der Waals surface area (Å²) in [4.78, 5) is 4.84. The van der Waals surface area contributed by atoms with Crippen LogP contribution in [0.3, 0.4) is 0 Å². The number of hydrogen-bond donors (Lipinski definition) is 1. The van der Waals surface area contributed by atoms with Gasteiger partial charge in [0.15, 0.2) is 0 Å². The molecule has 3 heteroatoms. The van der Waals surface area contributed by atoms with E-state index in [2.05, 4.69) is 55.1 Å². The van der Waals surface area contributed by atoms with Gasteiger partial charge in [0, 0.05) is 30.9 Å². The van der Waals surface area contributed by atoms with Crippen LogP contribution in [0.2, 0.25) is 0 Å². The Kier molecular flexibility index (Phi) is 4.83. The molecule has 2 rings (SSSR count). The highest BCUT2D eigenvalue weighted by Gasteiger charge is 2.27. The Labute approximate surface area is 117 Å². The van der Waals surface area contributed by atoms with Crippen LogP contribution in [0.25, 0.3) is 0 Å². The fourth-order valence-electron chi connectivity index (χ4n) is 3.05. The molecule has 1 fully saturated rings. The van der Waals surface area contributed by atoms with E-state index in [0.29, 0.717) is 6.04 Å². The molecule has 3 nitrogen and oxygen atoms in total. The van der Waals surface area contributed by atoms with E-state index in [0.717, 1.165) is 19.5 Å². The predicted molar refractivity (Wildman–Crippen MR) is 82.6 cm³/mol. The Morgan fingerprint density at radius 2 is 2.11 bits per heavy atom. The predicted octanol–water partition coefficient (Wildman–Crippen LogP) is 2.63. The molecule has 0 saturated carbocycles. The molecule has 1 heterocycles. The number of rotatable bonds is 5. The van der Waals surface area contributed by atoms with Gasteiger partial charge in [-0.15, -0.1) is 0 Å². The lowest BCUT2D eigenvalue weighted by atomic mass is 10.0. The van der Waals surface area contributed by atoms with Crippen molar-refractivity contribution in [2.75, 3.05) is 32.1 Å². The van der Waals surface area contributed by atoms with E-state index in [1.54, 1.807) is 0 Å². The van der Waals surface area contributed by atoms with Crippen LogP contribution in [0.1, 0.15) is 37.8 Å². The molecule has 1 aliphatic heterocycles. The summed E-state index contributed by atoms with van der Waals surface area (Å²) in [5.74, 6) is 0. The van der Waals surface area contributed by atoms with E-state index < -0.39 is 0 Å². The Morgan fingerprint density at radius 3 is 2.79 bits per heavy atom. The van der Waals surface area contributed by atoms with Gasteiger partial charge in [-0.3, -0.25) is 0 Å². The standard InChI is InChI=1S/C16H27N3/c1-4-15(17)14-9-5-6-10-16(14)19-11-7-8-13(19)12-18(2)3/h5-6,9-10,13,15H,4,7-8,11-12,17H2,1-3H3. The first-order valence-electron chi connectivity index (χ1n) is 7.39. The molecule has 2 atom stereocenters. The minimum absolute atomic E-state index is 0.150. The smallest absolute Gasteiger partial charge is 0.0417 e.